The molecule has 90 valence electrons. The molecular weight excluding hydrogens is 288 g/mol. The molecule has 0 bridgehead atoms. The van der Waals surface area contributed by atoms with Crippen molar-refractivity contribution in [2.75, 3.05) is 12.4 Å². The van der Waals surface area contributed by atoms with Crippen molar-refractivity contribution in [2.45, 2.75) is 32.7 Å². The summed E-state index contributed by atoms with van der Waals surface area (Å²) >= 11 is 4.97. The fourth-order valence-corrected chi connectivity index (χ4v) is 2.57. The number of amides is 1. The lowest BCUT2D eigenvalue weighted by molar-refractivity contribution is -0.130. The van der Waals surface area contributed by atoms with Crippen molar-refractivity contribution in [3.63, 3.8) is 0 Å². The number of aryl methyl sites for hydroxylation is 1. The van der Waals surface area contributed by atoms with Crippen LogP contribution in [0.3, 0.4) is 0 Å². The SMILES string of the molecule is Cc1ncsc1CN(C)C(=O)CCCCBr. The summed E-state index contributed by atoms with van der Waals surface area (Å²) in [6.07, 6.45) is 2.65. The third kappa shape index (κ3) is 4.22. The van der Waals surface area contributed by atoms with Crippen molar-refractivity contribution < 1.29 is 4.79 Å². The molecular formula is C11H17BrN2OS. The van der Waals surface area contributed by atoms with Gasteiger partial charge >= 0.3 is 0 Å². The van der Waals surface area contributed by atoms with E-state index in [2.05, 4.69) is 20.9 Å². The number of thiazole rings is 1. The molecule has 16 heavy (non-hydrogen) atoms. The van der Waals surface area contributed by atoms with Crippen LogP contribution >= 0.6 is 27.3 Å². The Morgan fingerprint density at radius 3 is 2.88 bits per heavy atom. The first-order valence-corrected chi connectivity index (χ1v) is 7.34. The fourth-order valence-electron chi connectivity index (χ4n) is 1.34. The van der Waals surface area contributed by atoms with Gasteiger partial charge in [-0.1, -0.05) is 15.9 Å². The Bertz CT molecular complexity index is 340. The molecule has 0 N–H and O–H groups in total. The standard InChI is InChI=1S/C11H17BrN2OS/c1-9-10(16-8-13-9)7-14(2)11(15)5-3-4-6-12/h8H,3-7H2,1-2H3. The predicted octanol–water partition coefficient (Wildman–Crippen LogP) is 2.98. The Hall–Kier alpha value is -0.420. The average Bonchev–Trinajstić information content (AvgIpc) is 2.64. The molecule has 1 aromatic heterocycles. The smallest absolute Gasteiger partial charge is 0.222 e. The summed E-state index contributed by atoms with van der Waals surface area (Å²) in [5, 5.41) is 0.970. The Labute approximate surface area is 109 Å². The molecule has 0 saturated carbocycles. The molecule has 0 unspecified atom stereocenters. The van der Waals surface area contributed by atoms with Gasteiger partial charge < -0.3 is 4.90 Å². The van der Waals surface area contributed by atoms with E-state index >= 15 is 0 Å². The van der Waals surface area contributed by atoms with Gasteiger partial charge in [-0.25, -0.2) is 4.98 Å². The maximum absolute atomic E-state index is 11.8. The molecule has 3 nitrogen and oxygen atoms in total. The van der Waals surface area contributed by atoms with Crippen LogP contribution in [-0.2, 0) is 11.3 Å². The minimum absolute atomic E-state index is 0.216. The van der Waals surface area contributed by atoms with Crippen molar-refractivity contribution in [1.82, 2.24) is 9.88 Å². The predicted molar refractivity (Wildman–Crippen MR) is 71.0 cm³/mol. The Kier molecular flexibility index (Phi) is 5.98. The molecule has 0 aromatic carbocycles. The van der Waals surface area contributed by atoms with E-state index in [0.717, 1.165) is 23.9 Å². The lowest BCUT2D eigenvalue weighted by atomic mass is 10.2. The van der Waals surface area contributed by atoms with E-state index < -0.39 is 0 Å². The van der Waals surface area contributed by atoms with Gasteiger partial charge in [0.15, 0.2) is 0 Å². The molecule has 0 spiro atoms. The van der Waals surface area contributed by atoms with E-state index in [1.54, 1.807) is 16.2 Å². The highest BCUT2D eigenvalue weighted by Gasteiger charge is 2.11. The van der Waals surface area contributed by atoms with Crippen LogP contribution in [0.15, 0.2) is 5.51 Å². The van der Waals surface area contributed by atoms with E-state index in [-0.39, 0.29) is 5.91 Å². The molecule has 0 radical (unpaired) electrons. The second kappa shape index (κ2) is 7.01. The van der Waals surface area contributed by atoms with E-state index in [0.29, 0.717) is 13.0 Å². The lowest BCUT2D eigenvalue weighted by Crippen LogP contribution is -2.25. The molecule has 0 aliphatic rings. The van der Waals surface area contributed by atoms with Gasteiger partial charge in [-0.3, -0.25) is 4.79 Å². The van der Waals surface area contributed by atoms with Gasteiger partial charge in [0.1, 0.15) is 0 Å². The average molecular weight is 305 g/mol. The zero-order chi connectivity index (χ0) is 12.0. The number of unbranched alkanes of at least 4 members (excludes halogenated alkanes) is 1. The number of carbonyl (C=O) groups excluding carboxylic acids is 1. The normalized spacial score (nSPS) is 10.4. The third-order valence-corrected chi connectivity index (χ3v) is 3.91. The van der Waals surface area contributed by atoms with Gasteiger partial charge in [-0.15, -0.1) is 11.3 Å². The second-order valence-electron chi connectivity index (χ2n) is 3.76. The van der Waals surface area contributed by atoms with Gasteiger partial charge in [-0.2, -0.15) is 0 Å². The van der Waals surface area contributed by atoms with E-state index in [9.17, 15) is 4.79 Å². The molecule has 1 aromatic rings. The molecule has 0 aliphatic heterocycles. The molecule has 5 heteroatoms. The number of hydrogen-bond donors (Lipinski definition) is 0. The highest BCUT2D eigenvalue weighted by Crippen LogP contribution is 2.15. The third-order valence-electron chi connectivity index (χ3n) is 2.43. The van der Waals surface area contributed by atoms with Crippen LogP contribution in [0, 0.1) is 6.92 Å². The minimum atomic E-state index is 0.216. The Balaban J connectivity index is 2.37. The lowest BCUT2D eigenvalue weighted by Gasteiger charge is -2.16. The Morgan fingerprint density at radius 2 is 2.31 bits per heavy atom. The first-order valence-electron chi connectivity index (χ1n) is 5.34. The largest absolute Gasteiger partial charge is 0.341 e. The van der Waals surface area contributed by atoms with Crippen LogP contribution < -0.4 is 0 Å². The van der Waals surface area contributed by atoms with Gasteiger partial charge in [0.2, 0.25) is 5.91 Å². The molecule has 0 saturated heterocycles. The number of nitrogens with zero attached hydrogens (tertiary/aromatic N) is 2. The summed E-state index contributed by atoms with van der Waals surface area (Å²) in [6, 6.07) is 0. The van der Waals surface area contributed by atoms with Crippen LogP contribution in [0.2, 0.25) is 0 Å². The summed E-state index contributed by atoms with van der Waals surface area (Å²) in [7, 11) is 1.86. The maximum atomic E-state index is 11.8. The number of hydrogen-bond acceptors (Lipinski definition) is 3. The fraction of sp³-hybridized carbons (Fsp3) is 0.636. The number of alkyl halides is 1. The van der Waals surface area contributed by atoms with E-state index in [4.69, 9.17) is 0 Å². The van der Waals surface area contributed by atoms with Crippen LogP contribution in [0.4, 0.5) is 0 Å². The van der Waals surface area contributed by atoms with Crippen molar-refractivity contribution in [3.8, 4) is 0 Å². The van der Waals surface area contributed by atoms with Gasteiger partial charge in [0, 0.05) is 23.7 Å². The van der Waals surface area contributed by atoms with Crippen molar-refractivity contribution in [1.29, 1.82) is 0 Å². The zero-order valence-corrected chi connectivity index (χ0v) is 12.1. The highest BCUT2D eigenvalue weighted by molar-refractivity contribution is 9.09. The summed E-state index contributed by atoms with van der Waals surface area (Å²) in [4.78, 5) is 18.9. The summed E-state index contributed by atoms with van der Waals surface area (Å²) in [5.74, 6) is 0.216. The van der Waals surface area contributed by atoms with Crippen LogP contribution in [0.25, 0.3) is 0 Å². The van der Waals surface area contributed by atoms with Gasteiger partial charge in [0.25, 0.3) is 0 Å². The Morgan fingerprint density at radius 1 is 1.56 bits per heavy atom. The second-order valence-corrected chi connectivity index (χ2v) is 5.49. The molecule has 1 amide bonds. The monoisotopic (exact) mass is 304 g/mol. The zero-order valence-electron chi connectivity index (χ0n) is 9.70. The van der Waals surface area contributed by atoms with Gasteiger partial charge in [0.05, 0.1) is 17.7 Å². The van der Waals surface area contributed by atoms with E-state index in [1.165, 1.54) is 4.88 Å². The number of aromatic nitrogens is 1. The van der Waals surface area contributed by atoms with Crippen molar-refractivity contribution in [2.24, 2.45) is 0 Å². The minimum Gasteiger partial charge on any atom is -0.341 e. The molecule has 0 fully saturated rings. The van der Waals surface area contributed by atoms with Crippen molar-refractivity contribution >= 4 is 33.2 Å². The van der Waals surface area contributed by atoms with E-state index in [1.807, 2.05) is 19.5 Å². The van der Waals surface area contributed by atoms with Crippen LogP contribution in [0.5, 0.6) is 0 Å². The number of carbonyl (C=O) groups is 1. The molecule has 0 atom stereocenters. The maximum Gasteiger partial charge on any atom is 0.222 e. The van der Waals surface area contributed by atoms with Gasteiger partial charge in [-0.05, 0) is 19.8 Å². The van der Waals surface area contributed by atoms with Crippen LogP contribution in [-0.4, -0.2) is 28.2 Å². The first-order chi connectivity index (χ1) is 7.65. The molecule has 0 aliphatic carbocycles. The number of halogens is 1. The first kappa shape index (κ1) is 13.6. The highest BCUT2D eigenvalue weighted by atomic mass is 79.9. The summed E-state index contributed by atoms with van der Waals surface area (Å²) in [5.41, 5.74) is 2.86. The molecule has 1 heterocycles. The van der Waals surface area contributed by atoms with Crippen LogP contribution in [0.1, 0.15) is 29.8 Å². The summed E-state index contributed by atoms with van der Waals surface area (Å²) < 4.78 is 0. The quantitative estimate of drug-likeness (QED) is 0.598. The molecule has 1 rings (SSSR count). The summed E-state index contributed by atoms with van der Waals surface area (Å²) in [6.45, 7) is 2.67. The topological polar surface area (TPSA) is 33.2 Å². The number of rotatable bonds is 6. The van der Waals surface area contributed by atoms with Crippen molar-refractivity contribution in [3.05, 3.63) is 16.1 Å².